The lowest BCUT2D eigenvalue weighted by Crippen LogP contribution is -2.40. The minimum atomic E-state index is -3.56. The Morgan fingerprint density at radius 3 is 2.81 bits per heavy atom. The Labute approximate surface area is 125 Å². The zero-order valence-electron chi connectivity index (χ0n) is 12.5. The van der Waals surface area contributed by atoms with Gasteiger partial charge in [-0.2, -0.15) is 4.31 Å². The highest BCUT2D eigenvalue weighted by Crippen LogP contribution is 2.33. The SMILES string of the molecule is COC(=O)C1CCCC1S(=O)(=O)N(C)Cc1nccn1C. The molecule has 1 fully saturated rings. The molecule has 2 unspecified atom stereocenters. The van der Waals surface area contributed by atoms with Crippen molar-refractivity contribution in [3.05, 3.63) is 18.2 Å². The molecule has 0 aliphatic heterocycles. The van der Waals surface area contributed by atoms with Crippen molar-refractivity contribution in [2.45, 2.75) is 31.1 Å². The normalized spacial score (nSPS) is 22.7. The average molecular weight is 315 g/mol. The summed E-state index contributed by atoms with van der Waals surface area (Å²) in [7, 11) is 1.08. The third-order valence-electron chi connectivity index (χ3n) is 4.06. The van der Waals surface area contributed by atoms with Crippen molar-refractivity contribution < 1.29 is 17.9 Å². The maximum atomic E-state index is 12.7. The van der Waals surface area contributed by atoms with Crippen molar-refractivity contribution in [3.63, 3.8) is 0 Å². The van der Waals surface area contributed by atoms with Gasteiger partial charge in [-0.1, -0.05) is 6.42 Å². The summed E-state index contributed by atoms with van der Waals surface area (Å²) >= 11 is 0. The van der Waals surface area contributed by atoms with E-state index in [1.54, 1.807) is 17.0 Å². The zero-order valence-corrected chi connectivity index (χ0v) is 13.3. The summed E-state index contributed by atoms with van der Waals surface area (Å²) in [5.74, 6) is -0.344. The fourth-order valence-electron chi connectivity index (χ4n) is 2.77. The predicted molar refractivity (Wildman–Crippen MR) is 76.7 cm³/mol. The summed E-state index contributed by atoms with van der Waals surface area (Å²) < 4.78 is 33.1. The number of sulfonamides is 1. The molecule has 118 valence electrons. The number of aryl methyl sites for hydroxylation is 1. The first-order chi connectivity index (χ1) is 9.87. The Kier molecular flexibility index (Phi) is 4.67. The number of nitrogens with zero attached hydrogens (tertiary/aromatic N) is 3. The van der Waals surface area contributed by atoms with E-state index in [1.807, 2.05) is 7.05 Å². The fraction of sp³-hybridized carbons (Fsp3) is 0.692. The summed E-state index contributed by atoms with van der Waals surface area (Å²) in [6.07, 6.45) is 5.17. The lowest BCUT2D eigenvalue weighted by Gasteiger charge is -2.24. The number of methoxy groups -OCH3 is 1. The lowest BCUT2D eigenvalue weighted by atomic mass is 10.1. The lowest BCUT2D eigenvalue weighted by molar-refractivity contribution is -0.145. The van der Waals surface area contributed by atoms with Gasteiger partial charge < -0.3 is 9.30 Å². The molecule has 0 saturated heterocycles. The first-order valence-electron chi connectivity index (χ1n) is 6.87. The number of rotatable bonds is 5. The average Bonchev–Trinajstić information content (AvgIpc) is 3.08. The van der Waals surface area contributed by atoms with Crippen molar-refractivity contribution in [1.29, 1.82) is 0 Å². The second-order valence-corrected chi connectivity index (χ2v) is 7.61. The largest absolute Gasteiger partial charge is 0.469 e. The van der Waals surface area contributed by atoms with Gasteiger partial charge in [0.15, 0.2) is 0 Å². The Hall–Kier alpha value is -1.41. The van der Waals surface area contributed by atoms with Gasteiger partial charge in [-0.25, -0.2) is 13.4 Å². The second kappa shape index (κ2) is 6.15. The molecule has 8 heteroatoms. The second-order valence-electron chi connectivity index (χ2n) is 5.35. The number of ether oxygens (including phenoxy) is 1. The van der Waals surface area contributed by atoms with Gasteiger partial charge in [0.2, 0.25) is 10.0 Å². The van der Waals surface area contributed by atoms with Crippen LogP contribution in [0.25, 0.3) is 0 Å². The molecule has 0 radical (unpaired) electrons. The molecule has 2 rings (SSSR count). The molecule has 0 amide bonds. The molecule has 1 saturated carbocycles. The summed E-state index contributed by atoms with van der Waals surface area (Å²) in [5.41, 5.74) is 0. The molecule has 0 N–H and O–H groups in total. The van der Waals surface area contributed by atoms with Crippen molar-refractivity contribution in [3.8, 4) is 0 Å². The van der Waals surface area contributed by atoms with Crippen LogP contribution in [0, 0.1) is 5.92 Å². The number of imidazole rings is 1. The highest BCUT2D eigenvalue weighted by atomic mass is 32.2. The van der Waals surface area contributed by atoms with Crippen LogP contribution in [-0.4, -0.2) is 47.7 Å². The van der Waals surface area contributed by atoms with Crippen LogP contribution in [0.15, 0.2) is 12.4 Å². The van der Waals surface area contributed by atoms with Crippen LogP contribution in [0.3, 0.4) is 0 Å². The molecule has 0 aromatic carbocycles. The van der Waals surface area contributed by atoms with Gasteiger partial charge in [-0.15, -0.1) is 0 Å². The summed E-state index contributed by atoms with van der Waals surface area (Å²) in [6.45, 7) is 0.191. The molecule has 21 heavy (non-hydrogen) atoms. The summed E-state index contributed by atoms with van der Waals surface area (Å²) in [6, 6.07) is 0. The number of esters is 1. The van der Waals surface area contributed by atoms with Gasteiger partial charge in [0.05, 0.1) is 24.8 Å². The molecule has 1 aliphatic rings. The number of hydrogen-bond donors (Lipinski definition) is 0. The molecule has 1 aromatic heterocycles. The van der Waals surface area contributed by atoms with E-state index in [0.29, 0.717) is 18.7 Å². The Morgan fingerprint density at radius 2 is 2.24 bits per heavy atom. The Bertz CT molecular complexity index is 611. The topological polar surface area (TPSA) is 81.5 Å². The smallest absolute Gasteiger partial charge is 0.310 e. The van der Waals surface area contributed by atoms with Gasteiger partial charge >= 0.3 is 5.97 Å². The van der Waals surface area contributed by atoms with E-state index in [4.69, 9.17) is 4.74 Å². The quantitative estimate of drug-likeness (QED) is 0.740. The van der Waals surface area contributed by atoms with Crippen LogP contribution >= 0.6 is 0 Å². The monoisotopic (exact) mass is 315 g/mol. The fourth-order valence-corrected chi connectivity index (χ4v) is 4.66. The van der Waals surface area contributed by atoms with E-state index in [9.17, 15) is 13.2 Å². The van der Waals surface area contributed by atoms with Gasteiger partial charge in [0.25, 0.3) is 0 Å². The van der Waals surface area contributed by atoms with Crippen LogP contribution in [0.5, 0.6) is 0 Å². The number of aromatic nitrogens is 2. The molecule has 0 bridgehead atoms. The third kappa shape index (κ3) is 3.11. The molecule has 7 nitrogen and oxygen atoms in total. The van der Waals surface area contributed by atoms with Gasteiger partial charge in [-0.05, 0) is 12.8 Å². The highest BCUT2D eigenvalue weighted by molar-refractivity contribution is 7.89. The first kappa shape index (κ1) is 16.0. The van der Waals surface area contributed by atoms with Gasteiger partial charge in [0.1, 0.15) is 5.82 Å². The van der Waals surface area contributed by atoms with E-state index < -0.39 is 27.2 Å². The van der Waals surface area contributed by atoms with Gasteiger partial charge in [-0.3, -0.25) is 4.79 Å². The van der Waals surface area contributed by atoms with Crippen LogP contribution in [0.2, 0.25) is 0 Å². The van der Waals surface area contributed by atoms with Crippen LogP contribution in [0.4, 0.5) is 0 Å². The van der Waals surface area contributed by atoms with Crippen molar-refractivity contribution >= 4 is 16.0 Å². The van der Waals surface area contributed by atoms with Crippen molar-refractivity contribution in [2.24, 2.45) is 13.0 Å². The minimum absolute atomic E-state index is 0.191. The molecule has 0 spiro atoms. The maximum Gasteiger partial charge on any atom is 0.310 e. The van der Waals surface area contributed by atoms with E-state index in [1.165, 1.54) is 18.5 Å². The standard InChI is InChI=1S/C13H21N3O4S/c1-15-8-7-14-12(15)9-16(2)21(18,19)11-6-4-5-10(11)13(17)20-3/h7-8,10-11H,4-6,9H2,1-3H3. The molecular weight excluding hydrogens is 294 g/mol. The first-order valence-corrected chi connectivity index (χ1v) is 8.37. The third-order valence-corrected chi connectivity index (χ3v) is 6.39. The van der Waals surface area contributed by atoms with E-state index in [-0.39, 0.29) is 6.54 Å². The molecular formula is C13H21N3O4S. The minimum Gasteiger partial charge on any atom is -0.469 e. The van der Waals surface area contributed by atoms with Gasteiger partial charge in [0, 0.05) is 26.5 Å². The molecule has 1 aliphatic carbocycles. The van der Waals surface area contributed by atoms with Crippen molar-refractivity contribution in [2.75, 3.05) is 14.2 Å². The Morgan fingerprint density at radius 1 is 1.52 bits per heavy atom. The highest BCUT2D eigenvalue weighted by Gasteiger charge is 2.44. The Balaban J connectivity index is 2.17. The number of carbonyl (C=O) groups is 1. The predicted octanol–water partition coefficient (Wildman–Crippen LogP) is 0.523. The van der Waals surface area contributed by atoms with Crippen molar-refractivity contribution in [1.82, 2.24) is 13.9 Å². The van der Waals surface area contributed by atoms with E-state index >= 15 is 0 Å². The summed E-state index contributed by atoms with van der Waals surface area (Å²) in [4.78, 5) is 15.9. The molecule has 1 heterocycles. The van der Waals surface area contributed by atoms with Crippen LogP contribution in [0.1, 0.15) is 25.1 Å². The zero-order chi connectivity index (χ0) is 15.6. The van der Waals surface area contributed by atoms with Crippen LogP contribution in [-0.2, 0) is 33.1 Å². The number of hydrogen-bond acceptors (Lipinski definition) is 5. The van der Waals surface area contributed by atoms with E-state index in [2.05, 4.69) is 4.98 Å². The number of carbonyl (C=O) groups excluding carboxylic acids is 1. The molecule has 1 aromatic rings. The maximum absolute atomic E-state index is 12.7. The van der Waals surface area contributed by atoms with Crippen LogP contribution < -0.4 is 0 Å². The summed E-state index contributed by atoms with van der Waals surface area (Å²) in [5, 5.41) is -0.699. The van der Waals surface area contributed by atoms with E-state index in [0.717, 1.165) is 6.42 Å². The molecule has 2 atom stereocenters.